The van der Waals surface area contributed by atoms with Crippen LogP contribution in [0.15, 0.2) is 23.8 Å². The standard InChI is InChI=1S/C27H37FN2O7/c1-23(2)36-21-12-18-17-6-5-15-11-16(31)7-8-24(15,3)26(17,28)19(32)13-25(18,4)27(21,37-23)20(33)14-35-22(34)30-10-9-29/h7-8,11,17-19,21,32H,5-6,9-10,12-14,29H2,1-4H3,(H,30,34)/t17-,18-,19-,21+,24-,25-,26-,27+/m0/s1. The van der Waals surface area contributed by atoms with Gasteiger partial charge in [-0.1, -0.05) is 18.6 Å². The summed E-state index contributed by atoms with van der Waals surface area (Å²) in [7, 11) is 0. The molecule has 5 rings (SSSR count). The highest BCUT2D eigenvalue weighted by atomic mass is 19.1. The lowest BCUT2D eigenvalue weighted by atomic mass is 9.44. The summed E-state index contributed by atoms with van der Waals surface area (Å²) >= 11 is 0. The highest BCUT2D eigenvalue weighted by Gasteiger charge is 2.80. The van der Waals surface area contributed by atoms with E-state index in [1.54, 1.807) is 26.8 Å². The van der Waals surface area contributed by atoms with Crippen LogP contribution in [0.1, 0.15) is 53.4 Å². The number of alkyl carbamates (subject to hydrolysis) is 1. The molecule has 9 nitrogen and oxygen atoms in total. The number of alkyl halides is 1. The highest BCUT2D eigenvalue weighted by Crippen LogP contribution is 2.72. The van der Waals surface area contributed by atoms with Gasteiger partial charge in [0.2, 0.25) is 5.78 Å². The number of aliphatic hydroxyl groups is 1. The SMILES string of the molecule is CC1(C)O[C@@H]2C[C@H]3[C@@H]4CCC5=CC(=O)C=C[C@]5(C)[C@@]4(F)[C@@H](O)C[C@]3(C)[C@]2(C(=O)COC(=O)NCCN)O1. The molecule has 1 aliphatic heterocycles. The largest absolute Gasteiger partial charge is 0.441 e. The molecule has 3 saturated carbocycles. The second-order valence-electron chi connectivity index (χ2n) is 12.1. The molecule has 1 saturated heterocycles. The van der Waals surface area contributed by atoms with Crippen molar-refractivity contribution in [2.45, 2.75) is 82.6 Å². The Kier molecular flexibility index (Phi) is 6.03. The fourth-order valence-corrected chi connectivity index (χ4v) is 8.27. The summed E-state index contributed by atoms with van der Waals surface area (Å²) in [6.45, 7) is 6.93. The van der Waals surface area contributed by atoms with E-state index in [1.165, 1.54) is 12.2 Å². The minimum Gasteiger partial charge on any atom is -0.441 e. The van der Waals surface area contributed by atoms with Gasteiger partial charge in [0.15, 0.2) is 29.4 Å². The van der Waals surface area contributed by atoms with Gasteiger partial charge in [-0.25, -0.2) is 9.18 Å². The van der Waals surface area contributed by atoms with E-state index < -0.39 is 64.5 Å². The summed E-state index contributed by atoms with van der Waals surface area (Å²) in [6.07, 6.45) is 2.86. The number of rotatable bonds is 5. The monoisotopic (exact) mass is 520 g/mol. The zero-order valence-electron chi connectivity index (χ0n) is 21.8. The second kappa shape index (κ2) is 8.43. The minimum absolute atomic E-state index is 0.0453. The summed E-state index contributed by atoms with van der Waals surface area (Å²) in [4.78, 5) is 38.0. The molecule has 0 radical (unpaired) electrons. The molecule has 10 heteroatoms. The summed E-state index contributed by atoms with van der Waals surface area (Å²) in [5.41, 5.74) is 0.426. The normalized spacial score (nSPS) is 45.3. The molecule has 0 aromatic rings. The number of hydrogen-bond donors (Lipinski definition) is 3. The Balaban J connectivity index is 1.52. The molecule has 4 aliphatic carbocycles. The van der Waals surface area contributed by atoms with Crippen molar-refractivity contribution < 1.29 is 38.1 Å². The van der Waals surface area contributed by atoms with Gasteiger partial charge in [0.1, 0.15) is 0 Å². The fourth-order valence-electron chi connectivity index (χ4n) is 8.27. The van der Waals surface area contributed by atoms with E-state index in [1.807, 2.05) is 6.92 Å². The number of ether oxygens (including phenoxy) is 3. The summed E-state index contributed by atoms with van der Waals surface area (Å²) in [6, 6.07) is 0. The first-order valence-corrected chi connectivity index (χ1v) is 13.1. The van der Waals surface area contributed by atoms with E-state index in [0.29, 0.717) is 24.8 Å². The lowest BCUT2D eigenvalue weighted by molar-refractivity contribution is -0.246. The Morgan fingerprint density at radius 2 is 2.00 bits per heavy atom. The van der Waals surface area contributed by atoms with Crippen LogP contribution in [0.4, 0.5) is 9.18 Å². The lowest BCUT2D eigenvalue weighted by Gasteiger charge is -2.62. The first kappa shape index (κ1) is 26.5. The number of halogens is 1. The fraction of sp³-hybridized carbons (Fsp3) is 0.741. The summed E-state index contributed by atoms with van der Waals surface area (Å²) < 4.78 is 35.2. The van der Waals surface area contributed by atoms with Crippen LogP contribution in [-0.4, -0.2) is 71.7 Å². The van der Waals surface area contributed by atoms with Crippen molar-refractivity contribution in [1.82, 2.24) is 5.32 Å². The minimum atomic E-state index is -2.03. The number of carbonyl (C=O) groups excluding carboxylic acids is 3. The number of allylic oxidation sites excluding steroid dienone is 4. The van der Waals surface area contributed by atoms with E-state index in [-0.39, 0.29) is 31.2 Å². The van der Waals surface area contributed by atoms with Gasteiger partial charge in [-0.05, 0) is 64.5 Å². The molecule has 5 aliphatic rings. The van der Waals surface area contributed by atoms with Crippen LogP contribution in [-0.2, 0) is 23.8 Å². The van der Waals surface area contributed by atoms with Gasteiger partial charge in [-0.2, -0.15) is 0 Å². The van der Waals surface area contributed by atoms with Gasteiger partial charge in [0.05, 0.1) is 12.2 Å². The molecule has 0 aromatic carbocycles. The van der Waals surface area contributed by atoms with E-state index in [9.17, 15) is 19.5 Å². The van der Waals surface area contributed by atoms with Crippen LogP contribution in [0.3, 0.4) is 0 Å². The molecule has 0 spiro atoms. The number of fused-ring (bicyclic) bond motifs is 7. The van der Waals surface area contributed by atoms with E-state index in [0.717, 1.165) is 0 Å². The molecule has 4 fully saturated rings. The van der Waals surface area contributed by atoms with Crippen LogP contribution in [0.25, 0.3) is 0 Å². The average Bonchev–Trinajstić information content (AvgIpc) is 3.23. The number of amides is 1. The molecule has 1 heterocycles. The van der Waals surface area contributed by atoms with Crippen molar-refractivity contribution in [1.29, 1.82) is 0 Å². The number of nitrogens with one attached hydrogen (secondary N) is 1. The third kappa shape index (κ3) is 3.45. The second-order valence-corrected chi connectivity index (χ2v) is 12.1. The maximum atomic E-state index is 17.4. The molecule has 8 atom stereocenters. The van der Waals surface area contributed by atoms with Crippen molar-refractivity contribution >= 4 is 17.7 Å². The van der Waals surface area contributed by atoms with Crippen molar-refractivity contribution in [2.75, 3.05) is 19.7 Å². The topological polar surface area (TPSA) is 137 Å². The molecule has 0 aromatic heterocycles. The highest BCUT2D eigenvalue weighted by molar-refractivity contribution is 6.01. The van der Waals surface area contributed by atoms with E-state index in [4.69, 9.17) is 19.9 Å². The zero-order valence-corrected chi connectivity index (χ0v) is 21.8. The Bertz CT molecular complexity index is 1090. The lowest BCUT2D eigenvalue weighted by Crippen LogP contribution is -2.70. The zero-order chi connectivity index (χ0) is 27.0. The van der Waals surface area contributed by atoms with Crippen molar-refractivity contribution in [2.24, 2.45) is 28.4 Å². The van der Waals surface area contributed by atoms with Crippen LogP contribution in [0.2, 0.25) is 0 Å². The third-order valence-electron chi connectivity index (χ3n) is 9.80. The Labute approximate surface area is 215 Å². The first-order chi connectivity index (χ1) is 17.2. The van der Waals surface area contributed by atoms with E-state index in [2.05, 4.69) is 5.32 Å². The van der Waals surface area contributed by atoms with Crippen LogP contribution < -0.4 is 11.1 Å². The Morgan fingerprint density at radius 3 is 2.70 bits per heavy atom. The number of Topliss-reactive ketones (excluding diaryl/α,β-unsaturated/α-hetero) is 1. The molecule has 4 N–H and O–H groups in total. The van der Waals surface area contributed by atoms with Crippen LogP contribution in [0, 0.1) is 22.7 Å². The summed E-state index contributed by atoms with van der Waals surface area (Å²) in [5.74, 6) is -2.68. The van der Waals surface area contributed by atoms with Crippen LogP contribution >= 0.6 is 0 Å². The summed E-state index contributed by atoms with van der Waals surface area (Å²) in [5, 5.41) is 14.0. The van der Waals surface area contributed by atoms with Gasteiger partial charge < -0.3 is 30.4 Å². The predicted molar refractivity (Wildman–Crippen MR) is 130 cm³/mol. The quantitative estimate of drug-likeness (QED) is 0.501. The molecule has 37 heavy (non-hydrogen) atoms. The van der Waals surface area contributed by atoms with Crippen molar-refractivity contribution in [3.8, 4) is 0 Å². The number of ketones is 2. The van der Waals surface area contributed by atoms with Crippen LogP contribution in [0.5, 0.6) is 0 Å². The average molecular weight is 521 g/mol. The molecule has 0 unspecified atom stereocenters. The van der Waals surface area contributed by atoms with Gasteiger partial charge in [0.25, 0.3) is 0 Å². The van der Waals surface area contributed by atoms with E-state index >= 15 is 4.39 Å². The van der Waals surface area contributed by atoms with Crippen molar-refractivity contribution in [3.63, 3.8) is 0 Å². The smallest absolute Gasteiger partial charge is 0.407 e. The number of nitrogens with two attached hydrogens (primary N) is 1. The molecule has 1 amide bonds. The predicted octanol–water partition coefficient (Wildman–Crippen LogP) is 2.11. The third-order valence-corrected chi connectivity index (χ3v) is 9.80. The van der Waals surface area contributed by atoms with Crippen molar-refractivity contribution in [3.05, 3.63) is 23.8 Å². The number of aliphatic hydroxyl groups excluding tert-OH is 1. The Hall–Kier alpha value is -2.14. The maximum absolute atomic E-state index is 17.4. The first-order valence-electron chi connectivity index (χ1n) is 13.1. The van der Waals surface area contributed by atoms with Gasteiger partial charge in [-0.15, -0.1) is 0 Å². The Morgan fingerprint density at radius 1 is 1.27 bits per heavy atom. The number of hydrogen-bond acceptors (Lipinski definition) is 8. The molecular formula is C27H37FN2O7. The maximum Gasteiger partial charge on any atom is 0.407 e. The number of carbonyl (C=O) groups is 3. The molecule has 204 valence electrons. The van der Waals surface area contributed by atoms with Gasteiger partial charge >= 0.3 is 6.09 Å². The van der Waals surface area contributed by atoms with Gasteiger partial charge in [0, 0.05) is 29.8 Å². The molecule has 0 bridgehead atoms. The molecular weight excluding hydrogens is 483 g/mol. The van der Waals surface area contributed by atoms with Gasteiger partial charge in [-0.3, -0.25) is 9.59 Å².